The summed E-state index contributed by atoms with van der Waals surface area (Å²) in [5, 5.41) is 12.8. The molecule has 1 aliphatic heterocycles. The highest BCUT2D eigenvalue weighted by atomic mass is 127. The maximum atomic E-state index is 12.5. The quantitative estimate of drug-likeness (QED) is 0.493. The van der Waals surface area contributed by atoms with Crippen LogP contribution in [0.5, 0.6) is 5.75 Å². The van der Waals surface area contributed by atoms with E-state index in [0.29, 0.717) is 37.0 Å². The van der Waals surface area contributed by atoms with E-state index in [-0.39, 0.29) is 23.5 Å². The summed E-state index contributed by atoms with van der Waals surface area (Å²) >= 11 is 2.22. The smallest absolute Gasteiger partial charge is 0.326 e. The zero-order chi connectivity index (χ0) is 19.0. The number of imidazole rings is 1. The molecule has 1 aromatic heterocycles. The second kappa shape index (κ2) is 7.26. The first-order chi connectivity index (χ1) is 13.0. The molecular formula is C19H19IN4O3. The number of para-hydroxylation sites is 1. The number of carbonyl (C=O) groups is 1. The van der Waals surface area contributed by atoms with Gasteiger partial charge in [-0.3, -0.25) is 4.57 Å². The fourth-order valence-electron chi connectivity index (χ4n) is 3.56. The number of carbonyl (C=O) groups excluding carboxylic acids is 1. The largest absolute Gasteiger partial charge is 0.506 e. The number of hydrogen-bond acceptors (Lipinski definition) is 3. The summed E-state index contributed by atoms with van der Waals surface area (Å²) < 4.78 is 2.81. The zero-order valence-electron chi connectivity index (χ0n) is 14.5. The van der Waals surface area contributed by atoms with E-state index in [1.54, 1.807) is 21.6 Å². The van der Waals surface area contributed by atoms with Crippen LogP contribution in [0, 0.1) is 3.57 Å². The Labute approximate surface area is 169 Å². The van der Waals surface area contributed by atoms with Crippen molar-refractivity contribution >= 4 is 45.3 Å². The third-order valence-electron chi connectivity index (χ3n) is 4.94. The monoisotopic (exact) mass is 478 g/mol. The molecule has 7 nitrogen and oxygen atoms in total. The minimum absolute atomic E-state index is 0.00426. The number of phenolic OH excluding ortho intramolecular Hbond substituents is 1. The van der Waals surface area contributed by atoms with Gasteiger partial charge in [0.1, 0.15) is 11.3 Å². The van der Waals surface area contributed by atoms with Crippen LogP contribution in [0.25, 0.3) is 11.0 Å². The molecule has 3 aromatic rings. The lowest BCUT2D eigenvalue weighted by Crippen LogP contribution is -2.42. The van der Waals surface area contributed by atoms with Gasteiger partial charge in [-0.15, -0.1) is 0 Å². The van der Waals surface area contributed by atoms with Crippen LogP contribution in [0.4, 0.5) is 10.5 Å². The summed E-state index contributed by atoms with van der Waals surface area (Å²) in [6.07, 6.45) is 1.37. The standard InChI is InChI=1S/C19H19IN4O3/c20-12-4-6-13(7-5-12)21-18(26)23-10-8-14(9-11-23)24-15-2-1-3-16(25)17(15)22-19(24)27/h1-7,14,25H,8-11H2,(H,21,26)(H,22,27). The van der Waals surface area contributed by atoms with Crippen molar-refractivity contribution < 1.29 is 9.90 Å². The number of aromatic hydroxyl groups is 1. The van der Waals surface area contributed by atoms with E-state index < -0.39 is 0 Å². The molecule has 3 N–H and O–H groups in total. The number of urea groups is 1. The van der Waals surface area contributed by atoms with E-state index in [1.807, 2.05) is 30.3 Å². The molecule has 0 bridgehead atoms. The Bertz CT molecular complexity index is 1030. The number of amides is 2. The number of anilines is 1. The lowest BCUT2D eigenvalue weighted by Gasteiger charge is -2.32. The Hall–Kier alpha value is -2.49. The Morgan fingerprint density at radius 1 is 1.15 bits per heavy atom. The van der Waals surface area contributed by atoms with Crippen LogP contribution in [0.1, 0.15) is 18.9 Å². The number of benzene rings is 2. The van der Waals surface area contributed by atoms with Gasteiger partial charge in [-0.1, -0.05) is 6.07 Å². The van der Waals surface area contributed by atoms with Gasteiger partial charge in [-0.2, -0.15) is 0 Å². The Balaban J connectivity index is 1.45. The van der Waals surface area contributed by atoms with Gasteiger partial charge in [0.2, 0.25) is 0 Å². The SMILES string of the molecule is O=C(Nc1ccc(I)cc1)N1CCC(n2c(=O)[nH]c3c(O)cccc32)CC1. The number of nitrogens with one attached hydrogen (secondary N) is 2. The number of phenols is 1. The third-order valence-corrected chi connectivity index (χ3v) is 5.66. The number of nitrogens with zero attached hydrogens (tertiary/aromatic N) is 2. The highest BCUT2D eigenvalue weighted by molar-refractivity contribution is 14.1. The summed E-state index contributed by atoms with van der Waals surface area (Å²) in [6, 6.07) is 12.6. The van der Waals surface area contributed by atoms with Crippen LogP contribution >= 0.6 is 22.6 Å². The highest BCUT2D eigenvalue weighted by Crippen LogP contribution is 2.28. The van der Waals surface area contributed by atoms with Gasteiger partial charge in [-0.05, 0) is 71.8 Å². The van der Waals surface area contributed by atoms with E-state index in [4.69, 9.17) is 0 Å². The third kappa shape index (κ3) is 3.53. The van der Waals surface area contributed by atoms with Crippen LogP contribution in [0.3, 0.4) is 0 Å². The molecule has 1 fully saturated rings. The number of hydrogen-bond donors (Lipinski definition) is 3. The summed E-state index contributed by atoms with van der Waals surface area (Å²) in [4.78, 5) is 29.3. The summed E-state index contributed by atoms with van der Waals surface area (Å²) in [6.45, 7) is 1.14. The van der Waals surface area contributed by atoms with Crippen molar-refractivity contribution in [1.29, 1.82) is 0 Å². The average molecular weight is 478 g/mol. The predicted octanol–water partition coefficient (Wildman–Crippen LogP) is 3.51. The predicted molar refractivity (Wildman–Crippen MR) is 112 cm³/mol. The number of fused-ring (bicyclic) bond motifs is 1. The van der Waals surface area contributed by atoms with E-state index in [0.717, 1.165) is 9.26 Å². The Morgan fingerprint density at radius 3 is 2.56 bits per heavy atom. The molecule has 0 radical (unpaired) electrons. The first kappa shape index (κ1) is 17.9. The number of halogens is 1. The van der Waals surface area contributed by atoms with Crippen LogP contribution in [-0.4, -0.2) is 38.7 Å². The van der Waals surface area contributed by atoms with Crippen LogP contribution in [0.15, 0.2) is 47.3 Å². The van der Waals surface area contributed by atoms with Gasteiger partial charge >= 0.3 is 11.7 Å². The summed E-state index contributed by atoms with van der Waals surface area (Å²) in [7, 11) is 0. The van der Waals surface area contributed by atoms with Gasteiger partial charge in [0.15, 0.2) is 0 Å². The number of piperidine rings is 1. The van der Waals surface area contributed by atoms with Gasteiger partial charge in [0, 0.05) is 28.4 Å². The molecule has 8 heteroatoms. The average Bonchev–Trinajstić information content (AvgIpc) is 3.01. The van der Waals surface area contributed by atoms with Crippen molar-refractivity contribution in [3.8, 4) is 5.75 Å². The Kier molecular flexibility index (Phi) is 4.81. The topological polar surface area (TPSA) is 90.4 Å². The molecule has 1 aliphatic rings. The summed E-state index contributed by atoms with van der Waals surface area (Å²) in [5.41, 5.74) is 1.70. The molecule has 0 aliphatic carbocycles. The first-order valence-electron chi connectivity index (χ1n) is 8.76. The van der Waals surface area contributed by atoms with Crippen molar-refractivity contribution in [2.75, 3.05) is 18.4 Å². The molecule has 27 heavy (non-hydrogen) atoms. The number of rotatable bonds is 2. The molecule has 2 heterocycles. The van der Waals surface area contributed by atoms with Gasteiger partial charge in [0.05, 0.1) is 5.52 Å². The van der Waals surface area contributed by atoms with Crippen molar-refractivity contribution in [1.82, 2.24) is 14.5 Å². The number of aromatic amines is 1. The van der Waals surface area contributed by atoms with E-state index in [2.05, 4.69) is 32.9 Å². The molecule has 0 unspecified atom stereocenters. The minimum atomic E-state index is -0.228. The lowest BCUT2D eigenvalue weighted by atomic mass is 10.0. The molecule has 2 aromatic carbocycles. The molecule has 140 valence electrons. The van der Waals surface area contributed by atoms with Crippen LogP contribution < -0.4 is 11.0 Å². The van der Waals surface area contributed by atoms with Gasteiger partial charge in [-0.25, -0.2) is 9.59 Å². The summed E-state index contributed by atoms with van der Waals surface area (Å²) in [5.74, 6) is 0.0673. The lowest BCUT2D eigenvalue weighted by molar-refractivity contribution is 0.184. The van der Waals surface area contributed by atoms with Crippen molar-refractivity contribution in [3.63, 3.8) is 0 Å². The molecule has 4 rings (SSSR count). The number of H-pyrrole nitrogens is 1. The van der Waals surface area contributed by atoms with Gasteiger partial charge < -0.3 is 20.3 Å². The maximum Gasteiger partial charge on any atom is 0.326 e. The highest BCUT2D eigenvalue weighted by Gasteiger charge is 2.26. The van der Waals surface area contributed by atoms with E-state index >= 15 is 0 Å². The molecule has 1 saturated heterocycles. The fourth-order valence-corrected chi connectivity index (χ4v) is 3.92. The molecule has 0 atom stereocenters. The zero-order valence-corrected chi connectivity index (χ0v) is 16.6. The van der Waals surface area contributed by atoms with Crippen molar-refractivity contribution in [3.05, 3.63) is 56.5 Å². The van der Waals surface area contributed by atoms with E-state index in [9.17, 15) is 14.7 Å². The number of likely N-dealkylation sites (tertiary alicyclic amines) is 1. The number of aromatic nitrogens is 2. The molecular weight excluding hydrogens is 459 g/mol. The molecule has 2 amide bonds. The van der Waals surface area contributed by atoms with Crippen LogP contribution in [-0.2, 0) is 0 Å². The van der Waals surface area contributed by atoms with Crippen LogP contribution in [0.2, 0.25) is 0 Å². The van der Waals surface area contributed by atoms with Gasteiger partial charge in [0.25, 0.3) is 0 Å². The maximum absolute atomic E-state index is 12.5. The van der Waals surface area contributed by atoms with E-state index in [1.165, 1.54) is 0 Å². The van der Waals surface area contributed by atoms with Crippen molar-refractivity contribution in [2.24, 2.45) is 0 Å². The minimum Gasteiger partial charge on any atom is -0.506 e. The second-order valence-electron chi connectivity index (χ2n) is 6.63. The second-order valence-corrected chi connectivity index (χ2v) is 7.87. The first-order valence-corrected chi connectivity index (χ1v) is 9.84. The molecule has 0 spiro atoms. The Morgan fingerprint density at radius 2 is 1.85 bits per heavy atom. The molecule has 0 saturated carbocycles. The van der Waals surface area contributed by atoms with Crippen molar-refractivity contribution in [2.45, 2.75) is 18.9 Å². The fraction of sp³-hybridized carbons (Fsp3) is 0.263. The normalized spacial score (nSPS) is 15.2.